The first-order chi connectivity index (χ1) is 6.70. The van der Waals surface area contributed by atoms with E-state index in [4.69, 9.17) is 5.84 Å². The highest BCUT2D eigenvalue weighted by Crippen LogP contribution is 2.19. The molecule has 2 rings (SSSR count). The molecule has 0 atom stereocenters. The molecule has 0 amide bonds. The van der Waals surface area contributed by atoms with E-state index < -0.39 is 0 Å². The smallest absolute Gasteiger partial charge is 0.143 e. The predicted molar refractivity (Wildman–Crippen MR) is 61.5 cm³/mol. The summed E-state index contributed by atoms with van der Waals surface area (Å²) >= 11 is 0. The summed E-state index contributed by atoms with van der Waals surface area (Å²) in [5.41, 5.74) is 4.12. The highest BCUT2D eigenvalue weighted by molar-refractivity contribution is 5.85. The number of aromatic nitrogens is 1. The number of anilines is 1. The molecule has 2 aromatic rings. The second-order valence-corrected chi connectivity index (χ2v) is 3.14. The summed E-state index contributed by atoms with van der Waals surface area (Å²) < 4.78 is 12.9. The Balaban J connectivity index is 0.00000112. The minimum atomic E-state index is -0.257. The molecule has 3 nitrogen and oxygen atoms in total. The molecule has 0 saturated heterocycles. The van der Waals surface area contributed by atoms with Gasteiger partial charge in [0.15, 0.2) is 0 Å². The number of fused-ring (bicyclic) bond motifs is 1. The highest BCUT2D eigenvalue weighted by Gasteiger charge is 2.02. The van der Waals surface area contributed by atoms with Crippen molar-refractivity contribution in [2.45, 2.75) is 6.92 Å². The van der Waals surface area contributed by atoms with Crippen LogP contribution in [0.3, 0.4) is 0 Å². The van der Waals surface area contributed by atoms with Gasteiger partial charge in [0.25, 0.3) is 0 Å². The molecule has 3 N–H and O–H groups in total. The molecular formula is C10H11ClFN3. The van der Waals surface area contributed by atoms with Crippen molar-refractivity contribution in [2.75, 3.05) is 5.43 Å². The molecule has 80 valence electrons. The maximum absolute atomic E-state index is 12.9. The average molecular weight is 228 g/mol. The van der Waals surface area contributed by atoms with Crippen LogP contribution in [0.15, 0.2) is 24.3 Å². The molecule has 0 aliphatic carbocycles. The fourth-order valence-corrected chi connectivity index (χ4v) is 1.40. The van der Waals surface area contributed by atoms with Crippen LogP contribution in [0.5, 0.6) is 0 Å². The summed E-state index contributed by atoms with van der Waals surface area (Å²) in [4.78, 5) is 4.23. The Bertz CT molecular complexity index is 487. The summed E-state index contributed by atoms with van der Waals surface area (Å²) in [6.45, 7) is 1.87. The molecular weight excluding hydrogens is 217 g/mol. The largest absolute Gasteiger partial charge is 0.308 e. The number of benzene rings is 1. The third kappa shape index (κ3) is 2.16. The van der Waals surface area contributed by atoms with Crippen LogP contribution in [0.25, 0.3) is 10.9 Å². The first-order valence-electron chi connectivity index (χ1n) is 4.24. The van der Waals surface area contributed by atoms with Gasteiger partial charge >= 0.3 is 0 Å². The quantitative estimate of drug-likeness (QED) is 0.581. The lowest BCUT2D eigenvalue weighted by Crippen LogP contribution is -2.10. The standard InChI is InChI=1S/C10H10FN3.ClH/c1-6-4-7-5-8(11)2-3-9(7)13-10(6)14-12;/h2-5H,12H2,1H3,(H,13,14);1H. The summed E-state index contributed by atoms with van der Waals surface area (Å²) in [6.07, 6.45) is 0. The van der Waals surface area contributed by atoms with E-state index >= 15 is 0 Å². The van der Waals surface area contributed by atoms with Crippen LogP contribution in [-0.4, -0.2) is 4.98 Å². The van der Waals surface area contributed by atoms with Gasteiger partial charge < -0.3 is 5.43 Å². The lowest BCUT2D eigenvalue weighted by Gasteiger charge is -2.05. The molecule has 1 aromatic heterocycles. The first kappa shape index (κ1) is 11.7. The fourth-order valence-electron chi connectivity index (χ4n) is 1.40. The van der Waals surface area contributed by atoms with E-state index in [1.54, 1.807) is 6.07 Å². The van der Waals surface area contributed by atoms with Gasteiger partial charge in [0.2, 0.25) is 0 Å². The second-order valence-electron chi connectivity index (χ2n) is 3.14. The average Bonchev–Trinajstić information content (AvgIpc) is 2.16. The van der Waals surface area contributed by atoms with E-state index in [0.29, 0.717) is 5.82 Å². The number of nitrogens with zero attached hydrogens (tertiary/aromatic N) is 1. The number of hydrazine groups is 1. The monoisotopic (exact) mass is 227 g/mol. The molecule has 0 aliphatic heterocycles. The fraction of sp³-hybridized carbons (Fsp3) is 0.100. The van der Waals surface area contributed by atoms with Crippen LogP contribution in [0.1, 0.15) is 5.56 Å². The van der Waals surface area contributed by atoms with Gasteiger partial charge in [0.05, 0.1) is 5.52 Å². The number of rotatable bonds is 1. The molecule has 0 unspecified atom stereocenters. The molecule has 0 aliphatic rings. The van der Waals surface area contributed by atoms with Crippen molar-refractivity contribution in [1.29, 1.82) is 0 Å². The zero-order chi connectivity index (χ0) is 10.1. The minimum absolute atomic E-state index is 0. The van der Waals surface area contributed by atoms with Gasteiger partial charge in [0, 0.05) is 5.39 Å². The van der Waals surface area contributed by atoms with E-state index in [2.05, 4.69) is 10.4 Å². The lowest BCUT2D eigenvalue weighted by atomic mass is 10.1. The second kappa shape index (κ2) is 4.42. The van der Waals surface area contributed by atoms with Gasteiger partial charge in [-0.05, 0) is 36.8 Å². The van der Waals surface area contributed by atoms with E-state index in [-0.39, 0.29) is 18.2 Å². The predicted octanol–water partition coefficient (Wildman–Crippen LogP) is 2.39. The van der Waals surface area contributed by atoms with Crippen LogP contribution in [0, 0.1) is 12.7 Å². The van der Waals surface area contributed by atoms with Crippen LogP contribution in [0.4, 0.5) is 10.2 Å². The number of hydrogen-bond acceptors (Lipinski definition) is 3. The lowest BCUT2D eigenvalue weighted by molar-refractivity contribution is 0.629. The number of pyridine rings is 1. The number of hydrogen-bond donors (Lipinski definition) is 2. The van der Waals surface area contributed by atoms with Crippen molar-refractivity contribution in [3.05, 3.63) is 35.6 Å². The van der Waals surface area contributed by atoms with Crippen molar-refractivity contribution in [3.8, 4) is 0 Å². The molecule has 1 aromatic carbocycles. The third-order valence-corrected chi connectivity index (χ3v) is 2.10. The van der Waals surface area contributed by atoms with E-state index in [0.717, 1.165) is 16.5 Å². The van der Waals surface area contributed by atoms with Crippen LogP contribution in [0.2, 0.25) is 0 Å². The molecule has 5 heteroatoms. The van der Waals surface area contributed by atoms with E-state index in [1.165, 1.54) is 12.1 Å². The summed E-state index contributed by atoms with van der Waals surface area (Å²) in [6, 6.07) is 6.31. The molecule has 15 heavy (non-hydrogen) atoms. The molecule has 0 radical (unpaired) electrons. The topological polar surface area (TPSA) is 50.9 Å². The van der Waals surface area contributed by atoms with Gasteiger partial charge in [-0.2, -0.15) is 0 Å². The first-order valence-corrected chi connectivity index (χ1v) is 4.24. The Hall–Kier alpha value is -1.39. The van der Waals surface area contributed by atoms with Crippen molar-refractivity contribution in [2.24, 2.45) is 5.84 Å². The summed E-state index contributed by atoms with van der Waals surface area (Å²) in [7, 11) is 0. The zero-order valence-corrected chi connectivity index (χ0v) is 8.94. The number of aryl methyl sites for hydroxylation is 1. The number of halogens is 2. The van der Waals surface area contributed by atoms with E-state index in [1.807, 2.05) is 13.0 Å². The maximum atomic E-state index is 12.9. The van der Waals surface area contributed by atoms with Crippen LogP contribution < -0.4 is 11.3 Å². The Morgan fingerprint density at radius 2 is 2.07 bits per heavy atom. The normalized spacial score (nSPS) is 9.80. The van der Waals surface area contributed by atoms with Crippen molar-refractivity contribution < 1.29 is 4.39 Å². The maximum Gasteiger partial charge on any atom is 0.143 e. The molecule has 1 heterocycles. The third-order valence-electron chi connectivity index (χ3n) is 2.10. The van der Waals surface area contributed by atoms with Crippen LogP contribution >= 0.6 is 12.4 Å². The Labute approximate surface area is 92.9 Å². The SMILES string of the molecule is Cc1cc2cc(F)ccc2nc1NN.Cl. The summed E-state index contributed by atoms with van der Waals surface area (Å²) in [5, 5.41) is 0.779. The van der Waals surface area contributed by atoms with Crippen molar-refractivity contribution in [1.82, 2.24) is 4.98 Å². The van der Waals surface area contributed by atoms with Crippen molar-refractivity contribution >= 4 is 29.1 Å². The van der Waals surface area contributed by atoms with Crippen LogP contribution in [-0.2, 0) is 0 Å². The molecule has 0 saturated carbocycles. The van der Waals surface area contributed by atoms with Gasteiger partial charge in [-0.25, -0.2) is 15.2 Å². The zero-order valence-electron chi connectivity index (χ0n) is 8.12. The van der Waals surface area contributed by atoms with Gasteiger partial charge in [-0.3, -0.25) is 0 Å². The van der Waals surface area contributed by atoms with E-state index in [9.17, 15) is 4.39 Å². The number of nitrogens with two attached hydrogens (primary N) is 1. The molecule has 0 spiro atoms. The Kier molecular flexibility index (Phi) is 3.44. The molecule has 0 fully saturated rings. The Morgan fingerprint density at radius 1 is 1.33 bits per heavy atom. The van der Waals surface area contributed by atoms with Gasteiger partial charge in [-0.15, -0.1) is 12.4 Å². The minimum Gasteiger partial charge on any atom is -0.308 e. The molecule has 0 bridgehead atoms. The number of nitrogens with one attached hydrogen (secondary N) is 1. The number of nitrogen functional groups attached to an aromatic ring is 1. The van der Waals surface area contributed by atoms with Gasteiger partial charge in [-0.1, -0.05) is 0 Å². The Morgan fingerprint density at radius 3 is 2.73 bits per heavy atom. The van der Waals surface area contributed by atoms with Crippen molar-refractivity contribution in [3.63, 3.8) is 0 Å². The van der Waals surface area contributed by atoms with Gasteiger partial charge in [0.1, 0.15) is 11.6 Å². The summed E-state index contributed by atoms with van der Waals surface area (Å²) in [5.74, 6) is 5.64. The highest BCUT2D eigenvalue weighted by atomic mass is 35.5.